The number of aromatic nitrogens is 2. The Morgan fingerprint density at radius 1 is 1.27 bits per heavy atom. The Kier molecular flexibility index (Phi) is 6.65. The van der Waals surface area contributed by atoms with Crippen molar-refractivity contribution in [2.24, 2.45) is 5.73 Å². The lowest BCUT2D eigenvalue weighted by Crippen LogP contribution is -2.40. The molecule has 30 heavy (non-hydrogen) atoms. The first-order valence-corrected chi connectivity index (χ1v) is 10.7. The number of ether oxygens (including phenoxy) is 1. The summed E-state index contributed by atoms with van der Waals surface area (Å²) in [5.74, 6) is 0.226. The molecule has 8 nitrogen and oxygen atoms in total. The summed E-state index contributed by atoms with van der Waals surface area (Å²) in [5.41, 5.74) is 7.57. The maximum Gasteiger partial charge on any atom is 0.325 e. The summed E-state index contributed by atoms with van der Waals surface area (Å²) >= 11 is 0. The number of fused-ring (bicyclic) bond motifs is 1. The van der Waals surface area contributed by atoms with Crippen molar-refractivity contribution in [2.45, 2.75) is 70.9 Å². The molecular formula is C22H33N5O3. The molecule has 2 heterocycles. The molecule has 0 aromatic carbocycles. The monoisotopic (exact) mass is 415 g/mol. The van der Waals surface area contributed by atoms with Gasteiger partial charge in [-0.15, -0.1) is 0 Å². The second-order valence-corrected chi connectivity index (χ2v) is 8.92. The van der Waals surface area contributed by atoms with Gasteiger partial charge in [0.15, 0.2) is 5.65 Å². The van der Waals surface area contributed by atoms with Crippen LogP contribution in [0.25, 0.3) is 5.65 Å². The number of rotatable bonds is 6. The van der Waals surface area contributed by atoms with Gasteiger partial charge >= 0.3 is 5.97 Å². The van der Waals surface area contributed by atoms with Gasteiger partial charge in [0.1, 0.15) is 12.4 Å². The van der Waals surface area contributed by atoms with E-state index in [4.69, 9.17) is 15.5 Å². The summed E-state index contributed by atoms with van der Waals surface area (Å²) in [6.07, 6.45) is 5.48. The van der Waals surface area contributed by atoms with Gasteiger partial charge < -0.3 is 21.1 Å². The summed E-state index contributed by atoms with van der Waals surface area (Å²) in [5, 5.41) is 6.30. The van der Waals surface area contributed by atoms with Crippen LogP contribution in [0.2, 0.25) is 0 Å². The van der Waals surface area contributed by atoms with E-state index in [1.807, 2.05) is 16.7 Å². The van der Waals surface area contributed by atoms with Crippen LogP contribution in [-0.4, -0.2) is 46.5 Å². The second-order valence-electron chi connectivity index (χ2n) is 8.92. The largest absolute Gasteiger partial charge is 0.465 e. The third kappa shape index (κ3) is 4.92. The highest BCUT2D eigenvalue weighted by Gasteiger charge is 2.27. The molecule has 0 bridgehead atoms. The average Bonchev–Trinajstić information content (AvgIpc) is 3.07. The molecule has 0 saturated heterocycles. The van der Waals surface area contributed by atoms with E-state index in [1.165, 1.54) is 0 Å². The van der Waals surface area contributed by atoms with Crippen molar-refractivity contribution < 1.29 is 14.3 Å². The third-order valence-electron chi connectivity index (χ3n) is 5.42. The lowest BCUT2D eigenvalue weighted by atomic mass is 9.91. The van der Waals surface area contributed by atoms with Crippen LogP contribution in [0.5, 0.6) is 0 Å². The molecule has 0 atom stereocenters. The standard InChI is InChI=1S/C22H33N5O3/c1-5-30-17(28)13-24-20-18(22(2,3)4)26-19-16(7-6-12-27(19)20)21(29)25-15-10-8-14(23)9-11-15/h6-7,12,14-15,24H,5,8-11,13,23H2,1-4H3,(H,25,29). The molecule has 1 aliphatic carbocycles. The highest BCUT2D eigenvalue weighted by atomic mass is 16.5. The molecule has 1 amide bonds. The number of carbonyl (C=O) groups excluding carboxylic acids is 2. The number of anilines is 1. The van der Waals surface area contributed by atoms with Crippen LogP contribution in [0, 0.1) is 0 Å². The number of hydrogen-bond acceptors (Lipinski definition) is 6. The van der Waals surface area contributed by atoms with Crippen molar-refractivity contribution in [3.63, 3.8) is 0 Å². The van der Waals surface area contributed by atoms with Gasteiger partial charge in [-0.05, 0) is 44.7 Å². The molecule has 0 unspecified atom stereocenters. The Hall–Kier alpha value is -2.61. The highest BCUT2D eigenvalue weighted by molar-refractivity contribution is 6.00. The SMILES string of the molecule is CCOC(=O)CNc1c(C(C)(C)C)nc2c(C(=O)NC3CCC(N)CC3)cccn12. The minimum atomic E-state index is -0.336. The zero-order chi connectivity index (χ0) is 21.9. The lowest BCUT2D eigenvalue weighted by Gasteiger charge is -2.26. The van der Waals surface area contributed by atoms with Gasteiger partial charge in [0, 0.05) is 23.7 Å². The first-order chi connectivity index (χ1) is 14.2. The fraction of sp³-hybridized carbons (Fsp3) is 0.591. The van der Waals surface area contributed by atoms with Gasteiger partial charge in [-0.1, -0.05) is 20.8 Å². The number of carbonyl (C=O) groups is 2. The maximum absolute atomic E-state index is 13.0. The van der Waals surface area contributed by atoms with Crippen LogP contribution in [0.4, 0.5) is 5.82 Å². The van der Waals surface area contributed by atoms with E-state index in [1.54, 1.807) is 13.0 Å². The predicted octanol–water partition coefficient (Wildman–Crippen LogP) is 2.61. The number of esters is 1. The molecule has 1 aliphatic rings. The summed E-state index contributed by atoms with van der Waals surface area (Å²) in [4.78, 5) is 29.7. The van der Waals surface area contributed by atoms with E-state index >= 15 is 0 Å². The Morgan fingerprint density at radius 2 is 1.97 bits per heavy atom. The molecule has 4 N–H and O–H groups in total. The Bertz CT molecular complexity index is 907. The average molecular weight is 416 g/mol. The van der Waals surface area contributed by atoms with Crippen LogP contribution in [0.15, 0.2) is 18.3 Å². The smallest absolute Gasteiger partial charge is 0.325 e. The van der Waals surface area contributed by atoms with Crippen LogP contribution >= 0.6 is 0 Å². The Morgan fingerprint density at radius 3 is 2.60 bits per heavy atom. The van der Waals surface area contributed by atoms with E-state index in [-0.39, 0.29) is 35.9 Å². The molecule has 0 spiro atoms. The zero-order valence-electron chi connectivity index (χ0n) is 18.3. The number of nitrogens with zero attached hydrogens (tertiary/aromatic N) is 2. The molecule has 8 heteroatoms. The van der Waals surface area contributed by atoms with Gasteiger partial charge in [0.2, 0.25) is 0 Å². The van der Waals surface area contributed by atoms with Crippen molar-refractivity contribution in [2.75, 3.05) is 18.5 Å². The molecule has 3 rings (SSSR count). The molecule has 2 aromatic rings. The van der Waals surface area contributed by atoms with Crippen molar-refractivity contribution in [1.29, 1.82) is 0 Å². The van der Waals surface area contributed by atoms with E-state index in [0.717, 1.165) is 31.4 Å². The summed E-state index contributed by atoms with van der Waals surface area (Å²) in [7, 11) is 0. The van der Waals surface area contributed by atoms with E-state index in [2.05, 4.69) is 31.4 Å². The van der Waals surface area contributed by atoms with Gasteiger partial charge in [-0.2, -0.15) is 0 Å². The molecule has 164 valence electrons. The molecular weight excluding hydrogens is 382 g/mol. The lowest BCUT2D eigenvalue weighted by molar-refractivity contribution is -0.140. The number of hydrogen-bond donors (Lipinski definition) is 3. The van der Waals surface area contributed by atoms with Crippen LogP contribution in [-0.2, 0) is 14.9 Å². The molecule has 1 saturated carbocycles. The minimum Gasteiger partial charge on any atom is -0.465 e. The van der Waals surface area contributed by atoms with Crippen molar-refractivity contribution in [1.82, 2.24) is 14.7 Å². The van der Waals surface area contributed by atoms with Crippen molar-refractivity contribution in [3.8, 4) is 0 Å². The minimum absolute atomic E-state index is 0.0312. The van der Waals surface area contributed by atoms with Gasteiger partial charge in [0.05, 0.1) is 17.9 Å². The Labute approximate surface area is 177 Å². The number of nitrogens with two attached hydrogens (primary N) is 1. The van der Waals surface area contributed by atoms with Crippen LogP contribution < -0.4 is 16.4 Å². The molecule has 1 fully saturated rings. The second kappa shape index (κ2) is 9.04. The summed E-state index contributed by atoms with van der Waals surface area (Å²) in [6.45, 7) is 8.29. The van der Waals surface area contributed by atoms with Gasteiger partial charge in [-0.3, -0.25) is 14.0 Å². The van der Waals surface area contributed by atoms with Gasteiger partial charge in [-0.25, -0.2) is 4.98 Å². The summed E-state index contributed by atoms with van der Waals surface area (Å²) in [6, 6.07) is 3.98. The maximum atomic E-state index is 13.0. The van der Waals surface area contributed by atoms with Gasteiger partial charge in [0.25, 0.3) is 5.91 Å². The quantitative estimate of drug-likeness (QED) is 0.626. The fourth-order valence-corrected chi connectivity index (χ4v) is 3.83. The number of amides is 1. The van der Waals surface area contributed by atoms with E-state index in [9.17, 15) is 9.59 Å². The van der Waals surface area contributed by atoms with Crippen molar-refractivity contribution >= 4 is 23.3 Å². The molecule has 0 radical (unpaired) electrons. The summed E-state index contributed by atoms with van der Waals surface area (Å²) < 4.78 is 6.87. The number of pyridine rings is 1. The fourth-order valence-electron chi connectivity index (χ4n) is 3.83. The first kappa shape index (κ1) is 22.1. The Balaban J connectivity index is 1.91. The normalized spacial score (nSPS) is 19.5. The molecule has 0 aliphatic heterocycles. The van der Waals surface area contributed by atoms with E-state index < -0.39 is 0 Å². The van der Waals surface area contributed by atoms with Crippen molar-refractivity contribution in [3.05, 3.63) is 29.6 Å². The highest BCUT2D eigenvalue weighted by Crippen LogP contribution is 2.31. The van der Waals surface area contributed by atoms with Crippen LogP contribution in [0.1, 0.15) is 69.4 Å². The first-order valence-electron chi connectivity index (χ1n) is 10.7. The van der Waals surface area contributed by atoms with Crippen LogP contribution in [0.3, 0.4) is 0 Å². The molecule has 2 aromatic heterocycles. The number of nitrogens with one attached hydrogen (secondary N) is 2. The third-order valence-corrected chi connectivity index (χ3v) is 5.42. The topological polar surface area (TPSA) is 111 Å². The number of imidazole rings is 1. The van der Waals surface area contributed by atoms with E-state index in [0.29, 0.717) is 23.6 Å². The predicted molar refractivity (Wildman–Crippen MR) is 117 cm³/mol. The zero-order valence-corrected chi connectivity index (χ0v) is 18.3.